The van der Waals surface area contributed by atoms with Gasteiger partial charge in [-0.3, -0.25) is 0 Å². The summed E-state index contributed by atoms with van der Waals surface area (Å²) in [5.41, 5.74) is 2.23. The number of anilines is 1. The van der Waals surface area contributed by atoms with E-state index < -0.39 is 17.6 Å². The molecule has 1 unspecified atom stereocenters. The standard InChI is InChI=1S/C20H20ClNO4/c1-11(23)22-16-8-7-13(21)10-15(16)20(2,3)17(22)9-12-5-4-6-14(18(12)24)19(25)26/h4-11,23-24H,1-3H3,(H,25,26)/b17-9+. The summed E-state index contributed by atoms with van der Waals surface area (Å²) in [5.74, 6) is -1.50. The summed E-state index contributed by atoms with van der Waals surface area (Å²) in [6.45, 7) is 5.64. The molecule has 3 N–H and O–H groups in total. The van der Waals surface area contributed by atoms with Crippen molar-refractivity contribution in [3.63, 3.8) is 0 Å². The molecular weight excluding hydrogens is 354 g/mol. The molecule has 0 fully saturated rings. The average molecular weight is 374 g/mol. The largest absolute Gasteiger partial charge is 0.506 e. The van der Waals surface area contributed by atoms with Gasteiger partial charge in [0, 0.05) is 27.4 Å². The fourth-order valence-electron chi connectivity index (χ4n) is 3.44. The molecule has 1 heterocycles. The first kappa shape index (κ1) is 18.3. The summed E-state index contributed by atoms with van der Waals surface area (Å²) < 4.78 is 0. The van der Waals surface area contributed by atoms with E-state index in [0.29, 0.717) is 10.6 Å². The van der Waals surface area contributed by atoms with Crippen LogP contribution in [0.5, 0.6) is 5.75 Å². The Kier molecular flexibility index (Phi) is 4.46. The molecule has 0 radical (unpaired) electrons. The summed E-state index contributed by atoms with van der Waals surface area (Å²) in [7, 11) is 0. The van der Waals surface area contributed by atoms with Gasteiger partial charge in [0.25, 0.3) is 0 Å². The Morgan fingerprint density at radius 2 is 1.96 bits per heavy atom. The fourth-order valence-corrected chi connectivity index (χ4v) is 3.61. The van der Waals surface area contributed by atoms with Crippen molar-refractivity contribution in [2.45, 2.75) is 32.4 Å². The fraction of sp³-hybridized carbons (Fsp3) is 0.250. The van der Waals surface area contributed by atoms with Gasteiger partial charge in [-0.25, -0.2) is 4.79 Å². The van der Waals surface area contributed by atoms with E-state index in [2.05, 4.69) is 0 Å². The molecule has 0 amide bonds. The lowest BCUT2D eigenvalue weighted by molar-refractivity contribution is 0.0693. The second-order valence-electron chi connectivity index (χ2n) is 6.87. The van der Waals surface area contributed by atoms with Crippen LogP contribution in [0.1, 0.15) is 42.3 Å². The number of halogens is 1. The van der Waals surface area contributed by atoms with Gasteiger partial charge >= 0.3 is 5.97 Å². The smallest absolute Gasteiger partial charge is 0.339 e. The lowest BCUT2D eigenvalue weighted by Gasteiger charge is -2.29. The predicted octanol–water partition coefficient (Wildman–Crippen LogP) is 4.22. The number of aliphatic hydroxyl groups excluding tert-OH is 1. The van der Waals surface area contributed by atoms with E-state index in [1.807, 2.05) is 26.0 Å². The van der Waals surface area contributed by atoms with Crippen molar-refractivity contribution < 1.29 is 20.1 Å². The van der Waals surface area contributed by atoms with E-state index in [0.717, 1.165) is 16.9 Å². The zero-order chi connectivity index (χ0) is 19.2. The number of carboxylic acid groups (broad SMARTS) is 1. The molecule has 0 saturated heterocycles. The zero-order valence-corrected chi connectivity index (χ0v) is 15.4. The Bertz CT molecular complexity index is 918. The van der Waals surface area contributed by atoms with Crippen LogP contribution in [-0.2, 0) is 5.41 Å². The molecule has 5 nitrogen and oxygen atoms in total. The number of aliphatic hydroxyl groups is 1. The molecule has 2 aromatic rings. The molecule has 3 rings (SSSR count). The number of rotatable bonds is 3. The first-order chi connectivity index (χ1) is 12.1. The number of para-hydroxylation sites is 1. The van der Waals surface area contributed by atoms with Gasteiger partial charge in [0.1, 0.15) is 17.5 Å². The molecule has 1 atom stereocenters. The lowest BCUT2D eigenvalue weighted by Crippen LogP contribution is -2.33. The number of aromatic hydroxyl groups is 1. The van der Waals surface area contributed by atoms with Crippen LogP contribution >= 0.6 is 11.6 Å². The van der Waals surface area contributed by atoms with Gasteiger partial charge in [-0.1, -0.05) is 37.6 Å². The van der Waals surface area contributed by atoms with Gasteiger partial charge < -0.3 is 20.2 Å². The topological polar surface area (TPSA) is 81.0 Å². The van der Waals surface area contributed by atoms with E-state index in [-0.39, 0.29) is 11.3 Å². The SMILES string of the molecule is CC(O)N1/C(=C/c2cccc(C(=O)O)c2O)C(C)(C)c2cc(Cl)ccc21. The monoisotopic (exact) mass is 373 g/mol. The van der Waals surface area contributed by atoms with Gasteiger partial charge in [0.05, 0.1) is 0 Å². The van der Waals surface area contributed by atoms with Crippen LogP contribution in [0.15, 0.2) is 42.1 Å². The van der Waals surface area contributed by atoms with Crippen molar-refractivity contribution >= 4 is 29.3 Å². The number of aromatic carboxylic acids is 1. The van der Waals surface area contributed by atoms with E-state index in [1.165, 1.54) is 6.07 Å². The molecule has 0 aromatic heterocycles. The van der Waals surface area contributed by atoms with Crippen LogP contribution in [0.2, 0.25) is 5.02 Å². The summed E-state index contributed by atoms with van der Waals surface area (Å²) in [6.07, 6.45) is 0.898. The summed E-state index contributed by atoms with van der Waals surface area (Å²) in [5, 5.41) is 30.5. The quantitative estimate of drug-likeness (QED) is 0.750. The van der Waals surface area contributed by atoms with E-state index in [4.69, 9.17) is 11.6 Å². The number of hydrogen-bond acceptors (Lipinski definition) is 4. The Labute approximate surface area is 156 Å². The van der Waals surface area contributed by atoms with Crippen molar-refractivity contribution in [3.05, 3.63) is 63.8 Å². The molecule has 2 aromatic carbocycles. The maximum absolute atomic E-state index is 11.3. The third-order valence-electron chi connectivity index (χ3n) is 4.75. The highest BCUT2D eigenvalue weighted by Gasteiger charge is 2.42. The molecule has 0 spiro atoms. The van der Waals surface area contributed by atoms with Crippen LogP contribution in [0.3, 0.4) is 0 Å². The highest BCUT2D eigenvalue weighted by Crippen LogP contribution is 2.50. The third-order valence-corrected chi connectivity index (χ3v) is 4.99. The molecule has 0 aliphatic carbocycles. The lowest BCUT2D eigenvalue weighted by atomic mass is 9.83. The molecule has 1 aliphatic heterocycles. The number of benzene rings is 2. The third kappa shape index (κ3) is 2.83. The van der Waals surface area contributed by atoms with Crippen LogP contribution in [0.4, 0.5) is 5.69 Å². The number of carbonyl (C=O) groups is 1. The average Bonchev–Trinajstić information content (AvgIpc) is 2.77. The Morgan fingerprint density at radius 1 is 1.27 bits per heavy atom. The normalized spacial score (nSPS) is 18.0. The highest BCUT2D eigenvalue weighted by molar-refractivity contribution is 6.30. The molecule has 6 heteroatoms. The van der Waals surface area contributed by atoms with E-state index in [1.54, 1.807) is 36.1 Å². The van der Waals surface area contributed by atoms with Crippen LogP contribution < -0.4 is 4.90 Å². The molecule has 136 valence electrons. The van der Waals surface area contributed by atoms with Crippen LogP contribution in [0.25, 0.3) is 6.08 Å². The van der Waals surface area contributed by atoms with Gasteiger partial charge in [-0.05, 0) is 42.8 Å². The van der Waals surface area contributed by atoms with Gasteiger partial charge in [-0.2, -0.15) is 0 Å². The van der Waals surface area contributed by atoms with Crippen molar-refractivity contribution in [2.75, 3.05) is 4.90 Å². The Morgan fingerprint density at radius 3 is 2.58 bits per heavy atom. The second-order valence-corrected chi connectivity index (χ2v) is 7.30. The summed E-state index contributed by atoms with van der Waals surface area (Å²) in [6, 6.07) is 10.0. The molecule has 1 aliphatic rings. The first-order valence-electron chi connectivity index (χ1n) is 8.19. The maximum Gasteiger partial charge on any atom is 0.339 e. The molecule has 0 bridgehead atoms. The summed E-state index contributed by atoms with van der Waals surface area (Å²) >= 11 is 6.16. The molecule has 0 saturated carbocycles. The minimum absolute atomic E-state index is 0.167. The second kappa shape index (κ2) is 6.34. The highest BCUT2D eigenvalue weighted by atomic mass is 35.5. The minimum atomic E-state index is -1.20. The number of allylic oxidation sites excluding steroid dienone is 1. The van der Waals surface area contributed by atoms with E-state index in [9.17, 15) is 20.1 Å². The van der Waals surface area contributed by atoms with Crippen LogP contribution in [0, 0.1) is 0 Å². The number of hydrogen-bond donors (Lipinski definition) is 3. The number of carboxylic acids is 1. The number of nitrogens with zero attached hydrogens (tertiary/aromatic N) is 1. The number of phenols is 1. The van der Waals surface area contributed by atoms with Crippen LogP contribution in [-0.4, -0.2) is 27.5 Å². The van der Waals surface area contributed by atoms with Gasteiger partial charge in [0.2, 0.25) is 0 Å². The van der Waals surface area contributed by atoms with Gasteiger partial charge in [-0.15, -0.1) is 0 Å². The molecular formula is C20H20ClNO4. The van der Waals surface area contributed by atoms with Gasteiger partial charge in [0.15, 0.2) is 0 Å². The zero-order valence-electron chi connectivity index (χ0n) is 14.7. The Hall–Kier alpha value is -2.50. The first-order valence-corrected chi connectivity index (χ1v) is 8.57. The van der Waals surface area contributed by atoms with Crippen molar-refractivity contribution in [1.82, 2.24) is 0 Å². The van der Waals surface area contributed by atoms with Crippen molar-refractivity contribution in [3.8, 4) is 5.75 Å². The maximum atomic E-state index is 11.3. The summed E-state index contributed by atoms with van der Waals surface area (Å²) in [4.78, 5) is 13.0. The van der Waals surface area contributed by atoms with Crippen molar-refractivity contribution in [2.24, 2.45) is 0 Å². The minimum Gasteiger partial charge on any atom is -0.506 e. The number of fused-ring (bicyclic) bond motifs is 1. The van der Waals surface area contributed by atoms with Crippen molar-refractivity contribution in [1.29, 1.82) is 0 Å². The Balaban J connectivity index is 2.23. The predicted molar refractivity (Wildman–Crippen MR) is 102 cm³/mol. The molecule has 26 heavy (non-hydrogen) atoms. The van der Waals surface area contributed by atoms with E-state index >= 15 is 0 Å².